The SMILES string of the molecule is CC(CCCl)S(=O)(=O)c1c(Br)cncc1[N+](=O)[O-]. The third-order valence-electron chi connectivity index (χ3n) is 2.36. The summed E-state index contributed by atoms with van der Waals surface area (Å²) in [5.74, 6) is 0.164. The van der Waals surface area contributed by atoms with E-state index in [1.165, 1.54) is 13.1 Å². The lowest BCUT2D eigenvalue weighted by Gasteiger charge is -2.12. The summed E-state index contributed by atoms with van der Waals surface area (Å²) < 4.78 is 24.6. The summed E-state index contributed by atoms with van der Waals surface area (Å²) >= 11 is 8.50. The number of pyridine rings is 1. The second kappa shape index (κ2) is 5.94. The number of rotatable bonds is 5. The molecule has 1 aromatic rings. The zero-order valence-electron chi connectivity index (χ0n) is 9.34. The van der Waals surface area contributed by atoms with Crippen molar-refractivity contribution in [2.24, 2.45) is 0 Å². The Kier molecular flexibility index (Phi) is 5.06. The van der Waals surface area contributed by atoms with Gasteiger partial charge in [0.15, 0.2) is 14.7 Å². The molecular weight excluding hydrogens is 348 g/mol. The second-order valence-corrected chi connectivity index (χ2v) is 7.10. The van der Waals surface area contributed by atoms with Crippen molar-refractivity contribution in [3.8, 4) is 0 Å². The number of alkyl halides is 1. The smallest absolute Gasteiger partial charge is 0.258 e. The summed E-state index contributed by atoms with van der Waals surface area (Å²) in [6.45, 7) is 1.47. The highest BCUT2D eigenvalue weighted by Crippen LogP contribution is 2.33. The number of halogens is 2. The van der Waals surface area contributed by atoms with E-state index < -0.39 is 25.7 Å². The van der Waals surface area contributed by atoms with E-state index in [4.69, 9.17) is 11.6 Å². The molecule has 0 aliphatic heterocycles. The zero-order chi connectivity index (χ0) is 13.9. The lowest BCUT2D eigenvalue weighted by atomic mass is 10.4. The van der Waals surface area contributed by atoms with E-state index in [1.807, 2.05) is 0 Å². The van der Waals surface area contributed by atoms with Crippen molar-refractivity contribution < 1.29 is 13.3 Å². The van der Waals surface area contributed by atoms with Crippen molar-refractivity contribution in [1.82, 2.24) is 4.98 Å². The summed E-state index contributed by atoms with van der Waals surface area (Å²) in [6, 6.07) is 0. The van der Waals surface area contributed by atoms with Crippen LogP contribution in [0.3, 0.4) is 0 Å². The molecule has 1 rings (SSSR count). The van der Waals surface area contributed by atoms with Gasteiger partial charge < -0.3 is 0 Å². The maximum Gasteiger partial charge on any atom is 0.307 e. The highest BCUT2D eigenvalue weighted by atomic mass is 79.9. The summed E-state index contributed by atoms with van der Waals surface area (Å²) in [5, 5.41) is 10.1. The van der Waals surface area contributed by atoms with Gasteiger partial charge in [-0.25, -0.2) is 8.42 Å². The van der Waals surface area contributed by atoms with Crippen LogP contribution in [0, 0.1) is 10.1 Å². The molecule has 0 aliphatic rings. The van der Waals surface area contributed by atoms with Crippen LogP contribution in [0.1, 0.15) is 13.3 Å². The van der Waals surface area contributed by atoms with Gasteiger partial charge in [-0.1, -0.05) is 0 Å². The third-order valence-corrected chi connectivity index (χ3v) is 5.74. The van der Waals surface area contributed by atoms with Crippen LogP contribution < -0.4 is 0 Å². The Morgan fingerprint density at radius 1 is 1.56 bits per heavy atom. The van der Waals surface area contributed by atoms with Crippen LogP contribution in [0.2, 0.25) is 0 Å². The fourth-order valence-corrected chi connectivity index (χ4v) is 4.36. The Hall–Kier alpha value is -0.730. The van der Waals surface area contributed by atoms with Gasteiger partial charge in [0, 0.05) is 12.1 Å². The summed E-state index contributed by atoms with van der Waals surface area (Å²) in [6.07, 6.45) is 2.36. The van der Waals surface area contributed by atoms with Gasteiger partial charge in [-0.3, -0.25) is 15.1 Å². The Morgan fingerprint density at radius 2 is 2.17 bits per heavy atom. The van der Waals surface area contributed by atoms with E-state index in [-0.39, 0.29) is 21.7 Å². The third kappa shape index (κ3) is 2.99. The maximum absolute atomic E-state index is 12.2. The molecule has 0 aromatic carbocycles. The Bertz CT molecular complexity index is 564. The molecule has 0 saturated heterocycles. The zero-order valence-corrected chi connectivity index (χ0v) is 12.5. The molecule has 9 heteroatoms. The van der Waals surface area contributed by atoms with Crippen molar-refractivity contribution >= 4 is 43.1 Å². The molecule has 1 heterocycles. The first-order valence-electron chi connectivity index (χ1n) is 4.90. The summed E-state index contributed by atoms with van der Waals surface area (Å²) in [7, 11) is -3.82. The van der Waals surface area contributed by atoms with Gasteiger partial charge in [0.1, 0.15) is 6.20 Å². The van der Waals surface area contributed by atoms with Crippen molar-refractivity contribution in [2.75, 3.05) is 5.88 Å². The molecule has 0 radical (unpaired) electrons. The molecule has 0 spiro atoms. The highest BCUT2D eigenvalue weighted by Gasteiger charge is 2.33. The quantitative estimate of drug-likeness (QED) is 0.459. The Labute approximate surface area is 118 Å². The molecule has 0 amide bonds. The normalized spacial score (nSPS) is 13.3. The van der Waals surface area contributed by atoms with E-state index in [0.717, 1.165) is 6.20 Å². The average molecular weight is 358 g/mol. The van der Waals surface area contributed by atoms with E-state index in [9.17, 15) is 18.5 Å². The first kappa shape index (κ1) is 15.3. The molecule has 1 aromatic heterocycles. The Morgan fingerprint density at radius 3 is 2.67 bits per heavy atom. The molecule has 100 valence electrons. The van der Waals surface area contributed by atoms with E-state index in [2.05, 4.69) is 20.9 Å². The van der Waals surface area contributed by atoms with E-state index >= 15 is 0 Å². The van der Waals surface area contributed by atoms with Crippen LogP contribution in [-0.4, -0.2) is 29.5 Å². The lowest BCUT2D eigenvalue weighted by molar-refractivity contribution is -0.388. The number of nitrogens with zero attached hydrogens (tertiary/aromatic N) is 2. The lowest BCUT2D eigenvalue weighted by Crippen LogP contribution is -2.20. The predicted molar refractivity (Wildman–Crippen MR) is 70.6 cm³/mol. The van der Waals surface area contributed by atoms with E-state index in [1.54, 1.807) is 0 Å². The minimum absolute atomic E-state index is 0.0816. The second-order valence-electron chi connectivity index (χ2n) is 3.56. The molecule has 6 nitrogen and oxygen atoms in total. The Balaban J connectivity index is 3.45. The van der Waals surface area contributed by atoms with Crippen molar-refractivity contribution in [2.45, 2.75) is 23.5 Å². The van der Waals surface area contributed by atoms with Gasteiger partial charge in [-0.2, -0.15) is 0 Å². The maximum atomic E-state index is 12.2. The number of aromatic nitrogens is 1. The van der Waals surface area contributed by atoms with Crippen molar-refractivity contribution in [3.63, 3.8) is 0 Å². The molecular formula is C9H10BrClN2O4S. The molecule has 18 heavy (non-hydrogen) atoms. The topological polar surface area (TPSA) is 90.2 Å². The number of nitro groups is 1. The van der Waals surface area contributed by atoms with Gasteiger partial charge in [0.2, 0.25) is 0 Å². The molecule has 0 aliphatic carbocycles. The molecule has 0 N–H and O–H groups in total. The standard InChI is InChI=1S/C9H10BrClN2O4S/c1-6(2-3-11)18(16,17)9-7(10)4-12-5-8(9)13(14)15/h4-6H,2-3H2,1H3. The number of hydrogen-bond acceptors (Lipinski definition) is 5. The van der Waals surface area contributed by atoms with Crippen molar-refractivity contribution in [3.05, 3.63) is 27.0 Å². The minimum Gasteiger partial charge on any atom is -0.258 e. The minimum atomic E-state index is -3.82. The number of hydrogen-bond donors (Lipinski definition) is 0. The predicted octanol–water partition coefficient (Wildman–Crippen LogP) is 2.54. The molecule has 0 bridgehead atoms. The van der Waals surface area contributed by atoms with Crippen LogP contribution in [0.5, 0.6) is 0 Å². The summed E-state index contributed by atoms with van der Waals surface area (Å²) in [5.41, 5.74) is -0.536. The van der Waals surface area contributed by atoms with Gasteiger partial charge >= 0.3 is 5.69 Å². The number of sulfone groups is 1. The fraction of sp³-hybridized carbons (Fsp3) is 0.444. The molecule has 1 atom stereocenters. The monoisotopic (exact) mass is 356 g/mol. The van der Waals surface area contributed by atoms with Crippen LogP contribution in [0.4, 0.5) is 5.69 Å². The molecule has 1 unspecified atom stereocenters. The van der Waals surface area contributed by atoms with Crippen LogP contribution in [0.25, 0.3) is 0 Å². The van der Waals surface area contributed by atoms with E-state index in [0.29, 0.717) is 0 Å². The fourth-order valence-electron chi connectivity index (χ4n) is 1.33. The van der Waals surface area contributed by atoms with Gasteiger partial charge in [0.05, 0.1) is 14.6 Å². The molecule has 0 fully saturated rings. The first-order valence-corrected chi connectivity index (χ1v) is 7.77. The van der Waals surface area contributed by atoms with Crippen LogP contribution in [0.15, 0.2) is 21.8 Å². The van der Waals surface area contributed by atoms with Crippen molar-refractivity contribution in [1.29, 1.82) is 0 Å². The van der Waals surface area contributed by atoms with Crippen LogP contribution >= 0.6 is 27.5 Å². The van der Waals surface area contributed by atoms with Gasteiger partial charge in [-0.05, 0) is 29.3 Å². The largest absolute Gasteiger partial charge is 0.307 e. The molecule has 0 saturated carbocycles. The van der Waals surface area contributed by atoms with Gasteiger partial charge in [-0.15, -0.1) is 11.6 Å². The van der Waals surface area contributed by atoms with Crippen LogP contribution in [-0.2, 0) is 9.84 Å². The van der Waals surface area contributed by atoms with Gasteiger partial charge in [0.25, 0.3) is 0 Å². The summed E-state index contributed by atoms with van der Waals surface area (Å²) in [4.78, 5) is 13.3. The first-order chi connectivity index (χ1) is 8.32. The highest BCUT2D eigenvalue weighted by molar-refractivity contribution is 9.10. The average Bonchev–Trinajstić information content (AvgIpc) is 2.28.